The molecular formula is C11H20BrN5O2S. The second-order valence-electron chi connectivity index (χ2n) is 4.55. The fourth-order valence-electron chi connectivity index (χ4n) is 1.57. The molecule has 0 fully saturated rings. The third-order valence-electron chi connectivity index (χ3n) is 2.57. The number of rotatable bonds is 8. The Labute approximate surface area is 128 Å². The lowest BCUT2D eigenvalue weighted by molar-refractivity contribution is 0.394. The smallest absolute Gasteiger partial charge is 0.244 e. The van der Waals surface area contributed by atoms with Crippen LogP contribution in [0.2, 0.25) is 0 Å². The Morgan fingerprint density at radius 3 is 2.70 bits per heavy atom. The molecule has 4 N–H and O–H groups in total. The quantitative estimate of drug-likeness (QED) is 0.357. The van der Waals surface area contributed by atoms with Crippen LogP contribution in [0.5, 0.6) is 0 Å². The normalized spacial score (nSPS) is 11.8. The molecule has 0 bridgehead atoms. The van der Waals surface area contributed by atoms with Crippen molar-refractivity contribution in [3.63, 3.8) is 0 Å². The van der Waals surface area contributed by atoms with Gasteiger partial charge >= 0.3 is 0 Å². The summed E-state index contributed by atoms with van der Waals surface area (Å²) in [5, 5.41) is 0. The van der Waals surface area contributed by atoms with Crippen molar-refractivity contribution < 1.29 is 8.42 Å². The minimum Gasteiger partial charge on any atom is -0.309 e. The first-order valence-corrected chi connectivity index (χ1v) is 8.41. The molecule has 1 rings (SSSR count). The van der Waals surface area contributed by atoms with Crippen molar-refractivity contribution in [1.82, 2.24) is 14.6 Å². The van der Waals surface area contributed by atoms with Crippen LogP contribution in [0, 0.1) is 0 Å². The molecule has 0 aromatic carbocycles. The van der Waals surface area contributed by atoms with Crippen molar-refractivity contribution in [3.05, 3.63) is 16.7 Å². The standard InChI is InChI=1S/C11H20BrN5O2S/c1-17(2)6-4-3-5-15-20(18,19)10-7-9(12)8-14-11(10)16-13/h7-8,15H,3-6,13H2,1-2H3,(H,14,16). The van der Waals surface area contributed by atoms with Gasteiger partial charge in [-0.2, -0.15) is 0 Å². The summed E-state index contributed by atoms with van der Waals surface area (Å²) in [6.07, 6.45) is 3.17. The number of halogens is 1. The van der Waals surface area contributed by atoms with Crippen LogP contribution in [0.25, 0.3) is 0 Å². The van der Waals surface area contributed by atoms with Gasteiger partial charge in [-0.1, -0.05) is 0 Å². The zero-order chi connectivity index (χ0) is 15.2. The van der Waals surface area contributed by atoms with E-state index in [9.17, 15) is 8.42 Å². The minimum absolute atomic E-state index is 0.0296. The van der Waals surface area contributed by atoms with Crippen LogP contribution in [-0.2, 0) is 10.0 Å². The summed E-state index contributed by atoms with van der Waals surface area (Å²) >= 11 is 3.20. The first kappa shape index (κ1) is 17.3. The summed E-state index contributed by atoms with van der Waals surface area (Å²) in [5.41, 5.74) is 2.29. The molecule has 0 unspecified atom stereocenters. The fourth-order valence-corrected chi connectivity index (χ4v) is 3.27. The van der Waals surface area contributed by atoms with Gasteiger partial charge in [-0.15, -0.1) is 0 Å². The summed E-state index contributed by atoms with van der Waals surface area (Å²) < 4.78 is 27.5. The summed E-state index contributed by atoms with van der Waals surface area (Å²) in [6.45, 7) is 1.31. The number of sulfonamides is 1. The number of hydrogen-bond donors (Lipinski definition) is 3. The molecule has 0 atom stereocenters. The maximum atomic E-state index is 12.2. The number of nitrogens with zero attached hydrogens (tertiary/aromatic N) is 2. The number of anilines is 1. The van der Waals surface area contributed by atoms with Crippen molar-refractivity contribution in [2.45, 2.75) is 17.7 Å². The molecule has 114 valence electrons. The lowest BCUT2D eigenvalue weighted by Gasteiger charge is -2.11. The van der Waals surface area contributed by atoms with Gasteiger partial charge in [0.2, 0.25) is 10.0 Å². The molecule has 0 aliphatic heterocycles. The summed E-state index contributed by atoms with van der Waals surface area (Å²) in [4.78, 5) is 6.01. The maximum absolute atomic E-state index is 12.2. The van der Waals surface area contributed by atoms with Crippen molar-refractivity contribution in [1.29, 1.82) is 0 Å². The fraction of sp³-hybridized carbons (Fsp3) is 0.545. The van der Waals surface area contributed by atoms with Crippen molar-refractivity contribution in [2.75, 3.05) is 32.6 Å². The Balaban J connectivity index is 2.67. The number of nitrogens with one attached hydrogen (secondary N) is 2. The second kappa shape index (κ2) is 7.89. The molecule has 0 aliphatic carbocycles. The first-order valence-electron chi connectivity index (χ1n) is 6.13. The van der Waals surface area contributed by atoms with Crippen molar-refractivity contribution in [2.24, 2.45) is 5.84 Å². The molecule has 7 nitrogen and oxygen atoms in total. The molecule has 9 heteroatoms. The number of unbranched alkanes of at least 4 members (excludes halogenated alkanes) is 1. The third-order valence-corrected chi connectivity index (χ3v) is 4.48. The molecule has 20 heavy (non-hydrogen) atoms. The van der Waals surface area contributed by atoms with E-state index in [0.717, 1.165) is 19.4 Å². The number of hydrazine groups is 1. The number of nitrogens with two attached hydrogens (primary N) is 1. The maximum Gasteiger partial charge on any atom is 0.244 e. The average molecular weight is 366 g/mol. The second-order valence-corrected chi connectivity index (χ2v) is 7.20. The van der Waals surface area contributed by atoms with Crippen molar-refractivity contribution in [3.8, 4) is 0 Å². The van der Waals surface area contributed by atoms with Crippen LogP contribution in [0.1, 0.15) is 12.8 Å². The van der Waals surface area contributed by atoms with Crippen LogP contribution in [0.4, 0.5) is 5.82 Å². The van der Waals surface area contributed by atoms with E-state index in [4.69, 9.17) is 5.84 Å². The summed E-state index contributed by atoms with van der Waals surface area (Å²) in [5.74, 6) is 5.40. The van der Waals surface area contributed by atoms with Gasteiger partial charge in [-0.25, -0.2) is 24.0 Å². The molecule has 0 saturated heterocycles. The molecular weight excluding hydrogens is 346 g/mol. The average Bonchev–Trinajstić information content (AvgIpc) is 2.37. The van der Waals surface area contributed by atoms with Gasteiger partial charge in [0.15, 0.2) is 5.82 Å². The predicted octanol–water partition coefficient (Wildman–Crippen LogP) is 0.750. The number of nitrogen functional groups attached to an aromatic ring is 1. The Morgan fingerprint density at radius 1 is 1.40 bits per heavy atom. The highest BCUT2D eigenvalue weighted by Gasteiger charge is 2.19. The van der Waals surface area contributed by atoms with E-state index in [1.54, 1.807) is 0 Å². The van der Waals surface area contributed by atoms with Gasteiger partial charge in [-0.05, 0) is 55.5 Å². The van der Waals surface area contributed by atoms with E-state index in [1.165, 1.54) is 12.3 Å². The molecule has 0 spiro atoms. The van der Waals surface area contributed by atoms with Crippen LogP contribution in [-0.4, -0.2) is 45.5 Å². The van der Waals surface area contributed by atoms with Crippen LogP contribution >= 0.6 is 15.9 Å². The first-order chi connectivity index (χ1) is 9.36. The molecule has 1 aromatic heterocycles. The zero-order valence-electron chi connectivity index (χ0n) is 11.6. The third kappa shape index (κ3) is 5.33. The monoisotopic (exact) mass is 365 g/mol. The summed E-state index contributed by atoms with van der Waals surface area (Å²) in [7, 11) is 0.340. The lowest BCUT2D eigenvalue weighted by atomic mass is 10.3. The SMILES string of the molecule is CN(C)CCCCNS(=O)(=O)c1cc(Br)cnc1NN. The Hall–Kier alpha value is -0.740. The van der Waals surface area contributed by atoms with E-state index in [-0.39, 0.29) is 10.7 Å². The largest absolute Gasteiger partial charge is 0.309 e. The van der Waals surface area contributed by atoms with Gasteiger partial charge in [-0.3, -0.25) is 0 Å². The van der Waals surface area contributed by atoms with Gasteiger partial charge in [0, 0.05) is 17.2 Å². The van der Waals surface area contributed by atoms with Gasteiger partial charge in [0.25, 0.3) is 0 Å². The van der Waals surface area contributed by atoms with Crippen molar-refractivity contribution >= 4 is 31.8 Å². The summed E-state index contributed by atoms with van der Waals surface area (Å²) in [6, 6.07) is 1.46. The van der Waals surface area contributed by atoms with Crippen LogP contribution in [0.15, 0.2) is 21.6 Å². The topological polar surface area (TPSA) is 100 Å². The van der Waals surface area contributed by atoms with Gasteiger partial charge in [0.1, 0.15) is 4.90 Å². The van der Waals surface area contributed by atoms with E-state index < -0.39 is 10.0 Å². The van der Waals surface area contributed by atoms with E-state index in [2.05, 4.69) is 36.0 Å². The molecule has 1 aromatic rings. The highest BCUT2D eigenvalue weighted by molar-refractivity contribution is 9.10. The van der Waals surface area contributed by atoms with Crippen LogP contribution in [0.3, 0.4) is 0 Å². The molecule has 1 heterocycles. The van der Waals surface area contributed by atoms with E-state index in [0.29, 0.717) is 11.0 Å². The molecule has 0 radical (unpaired) electrons. The zero-order valence-corrected chi connectivity index (χ0v) is 14.0. The number of pyridine rings is 1. The number of aromatic nitrogens is 1. The van der Waals surface area contributed by atoms with Crippen LogP contribution < -0.4 is 16.0 Å². The predicted molar refractivity (Wildman–Crippen MR) is 82.7 cm³/mol. The Kier molecular flexibility index (Phi) is 6.83. The van der Waals surface area contributed by atoms with Gasteiger partial charge < -0.3 is 10.3 Å². The van der Waals surface area contributed by atoms with Gasteiger partial charge in [0.05, 0.1) is 0 Å². The van der Waals surface area contributed by atoms with E-state index in [1.807, 2.05) is 14.1 Å². The highest BCUT2D eigenvalue weighted by Crippen LogP contribution is 2.21. The Morgan fingerprint density at radius 2 is 2.10 bits per heavy atom. The Bertz CT molecular complexity index is 536. The molecule has 0 aliphatic rings. The number of hydrogen-bond acceptors (Lipinski definition) is 6. The van der Waals surface area contributed by atoms with E-state index >= 15 is 0 Å². The molecule has 0 amide bonds. The molecule has 0 saturated carbocycles. The lowest BCUT2D eigenvalue weighted by Crippen LogP contribution is -2.27. The highest BCUT2D eigenvalue weighted by atomic mass is 79.9. The minimum atomic E-state index is -3.62.